The molecule has 5 aromatic rings. The molecule has 0 N–H and O–H groups in total. The lowest BCUT2D eigenvalue weighted by molar-refractivity contribution is 0.476. The van der Waals surface area contributed by atoms with Gasteiger partial charge in [0.25, 0.3) is 0 Å². The summed E-state index contributed by atoms with van der Waals surface area (Å²) in [4.78, 5) is 2.49. The van der Waals surface area contributed by atoms with Crippen molar-refractivity contribution in [2.45, 2.75) is 32.1 Å². The Morgan fingerprint density at radius 1 is 0.593 bits per heavy atom. The average molecular weight is 696 g/mol. The number of benzene rings is 5. The number of allylic oxidation sites excluding steroid dienone is 15. The second-order valence-electron chi connectivity index (χ2n) is 15.9. The molecule has 0 fully saturated rings. The van der Waals surface area contributed by atoms with E-state index < -0.39 is 0 Å². The van der Waals surface area contributed by atoms with Gasteiger partial charge in [0.15, 0.2) is 0 Å². The molecule has 1 heteroatoms. The van der Waals surface area contributed by atoms with Crippen LogP contribution in [0.2, 0.25) is 0 Å². The minimum Gasteiger partial charge on any atom is -0.310 e. The number of anilines is 2. The predicted octanol–water partition coefficient (Wildman–Crippen LogP) is 13.7. The lowest BCUT2D eigenvalue weighted by atomic mass is 9.68. The van der Waals surface area contributed by atoms with Gasteiger partial charge in [0.2, 0.25) is 0 Å². The molecule has 0 saturated heterocycles. The molecule has 4 atom stereocenters. The molecule has 0 heterocycles. The topological polar surface area (TPSA) is 3.24 Å². The number of nitrogens with zero attached hydrogens (tertiary/aromatic N) is 1. The molecular weight excluding hydrogens is 651 g/mol. The molecule has 0 aliphatic heterocycles. The highest BCUT2D eigenvalue weighted by Gasteiger charge is 2.44. The first-order valence-electron chi connectivity index (χ1n) is 19.7. The number of fused-ring (bicyclic) bond motifs is 5. The summed E-state index contributed by atoms with van der Waals surface area (Å²) < 4.78 is 0. The monoisotopic (exact) mass is 695 g/mol. The second kappa shape index (κ2) is 13.2. The van der Waals surface area contributed by atoms with Gasteiger partial charge < -0.3 is 4.90 Å². The van der Waals surface area contributed by atoms with Gasteiger partial charge in [-0.2, -0.15) is 0 Å². The van der Waals surface area contributed by atoms with Gasteiger partial charge >= 0.3 is 0 Å². The highest BCUT2D eigenvalue weighted by molar-refractivity contribution is 6.12. The van der Waals surface area contributed by atoms with Crippen LogP contribution < -0.4 is 4.90 Å². The van der Waals surface area contributed by atoms with Gasteiger partial charge in [-0.3, -0.25) is 0 Å². The summed E-state index contributed by atoms with van der Waals surface area (Å²) >= 11 is 0. The van der Waals surface area contributed by atoms with Crippen molar-refractivity contribution in [3.63, 3.8) is 0 Å². The highest BCUT2D eigenvalue weighted by atomic mass is 15.1. The Kier molecular flexibility index (Phi) is 7.99. The summed E-state index contributed by atoms with van der Waals surface area (Å²) in [7, 11) is 0. The van der Waals surface area contributed by atoms with Crippen LogP contribution in [-0.4, -0.2) is 0 Å². The van der Waals surface area contributed by atoms with Gasteiger partial charge in [-0.15, -0.1) is 0 Å². The van der Waals surface area contributed by atoms with Crippen LogP contribution in [-0.2, 0) is 5.41 Å². The smallest absolute Gasteiger partial charge is 0.0540 e. The third-order valence-corrected chi connectivity index (χ3v) is 12.6. The zero-order valence-electron chi connectivity index (χ0n) is 31.1. The molecule has 0 radical (unpaired) electrons. The summed E-state index contributed by atoms with van der Waals surface area (Å²) in [5, 5.41) is 2.56. The van der Waals surface area contributed by atoms with E-state index in [4.69, 9.17) is 0 Å². The molecular formula is C53H45N. The maximum Gasteiger partial charge on any atom is 0.0540 e. The van der Waals surface area contributed by atoms with E-state index in [1.807, 2.05) is 0 Å². The Labute approximate surface area is 320 Å². The summed E-state index contributed by atoms with van der Waals surface area (Å²) in [5.41, 5.74) is 14.5. The molecule has 262 valence electrons. The van der Waals surface area contributed by atoms with E-state index in [1.54, 1.807) is 0 Å². The molecule has 54 heavy (non-hydrogen) atoms. The first kappa shape index (κ1) is 32.7. The van der Waals surface area contributed by atoms with Crippen molar-refractivity contribution >= 4 is 33.3 Å². The van der Waals surface area contributed by atoms with E-state index in [2.05, 4.69) is 207 Å². The van der Waals surface area contributed by atoms with Gasteiger partial charge in [-0.25, -0.2) is 0 Å². The van der Waals surface area contributed by atoms with Crippen LogP contribution >= 0.6 is 0 Å². The highest BCUT2D eigenvalue weighted by Crippen LogP contribution is 2.58. The minimum atomic E-state index is -0.0586. The van der Waals surface area contributed by atoms with Crippen molar-refractivity contribution in [1.82, 2.24) is 0 Å². The van der Waals surface area contributed by atoms with Gasteiger partial charge in [0, 0.05) is 34.0 Å². The van der Waals surface area contributed by atoms with Crippen molar-refractivity contribution in [3.05, 3.63) is 216 Å². The second-order valence-corrected chi connectivity index (χ2v) is 15.9. The molecule has 5 aliphatic rings. The van der Waals surface area contributed by atoms with E-state index in [-0.39, 0.29) is 11.3 Å². The van der Waals surface area contributed by atoms with Gasteiger partial charge in [-0.1, -0.05) is 178 Å². The Balaban J connectivity index is 1.14. The number of rotatable bonds is 6. The van der Waals surface area contributed by atoms with Gasteiger partial charge in [0.05, 0.1) is 5.69 Å². The Hall–Kier alpha value is -5.92. The van der Waals surface area contributed by atoms with Crippen LogP contribution in [0.5, 0.6) is 0 Å². The van der Waals surface area contributed by atoms with Crippen molar-refractivity contribution in [2.24, 2.45) is 23.7 Å². The maximum atomic E-state index is 2.56. The van der Waals surface area contributed by atoms with Crippen molar-refractivity contribution in [2.75, 3.05) is 4.90 Å². The summed E-state index contributed by atoms with van der Waals surface area (Å²) in [5.74, 6) is 1.65. The standard InChI is InChI=1S/C53H45N/c1-53(2)48-24-14-13-23-47(48)52-49(53)35-40-19-9-10-20-43(40)51(52)46-33-34-50(45-22-12-11-21-44(45)46)54(41-29-25-38(26-30-41)36-15-5-3-6-16-36)42-31-27-39(28-32-42)37-17-7-4-8-18-37/h3-17,19-27,29-35,37,39-40,43H,18,28H2,1-2H3. The SMILES string of the molecule is CC1(C)C2=CC3C=CC=CC3C(c3ccc(N(C4=CCC(C5C=CC=CC5)C=C4)c4ccc(-c5ccccc5)cc4)c4ccccc34)=C2c2ccccc21. The molecule has 0 aromatic heterocycles. The molecule has 1 nitrogen and oxygen atoms in total. The summed E-state index contributed by atoms with van der Waals surface area (Å²) in [6, 6.07) is 42.9. The average Bonchev–Trinajstić information content (AvgIpc) is 3.46. The minimum absolute atomic E-state index is 0.0586. The van der Waals surface area contributed by atoms with Crippen LogP contribution in [0.4, 0.5) is 11.4 Å². The summed E-state index contributed by atoms with van der Waals surface area (Å²) in [6.45, 7) is 4.81. The quantitative estimate of drug-likeness (QED) is 0.171. The Bertz CT molecular complexity index is 2530. The molecule has 4 unspecified atom stereocenters. The van der Waals surface area contributed by atoms with Crippen LogP contribution in [0, 0.1) is 23.7 Å². The number of hydrogen-bond donors (Lipinski definition) is 0. The Morgan fingerprint density at radius 3 is 2.11 bits per heavy atom. The van der Waals surface area contributed by atoms with E-state index in [0.717, 1.165) is 12.8 Å². The van der Waals surface area contributed by atoms with Crippen molar-refractivity contribution in [1.29, 1.82) is 0 Å². The van der Waals surface area contributed by atoms with Crippen LogP contribution in [0.1, 0.15) is 43.4 Å². The number of hydrogen-bond acceptors (Lipinski definition) is 1. The lowest BCUT2D eigenvalue weighted by Crippen LogP contribution is -2.23. The first-order chi connectivity index (χ1) is 26.6. The molecule has 0 bridgehead atoms. The van der Waals surface area contributed by atoms with Crippen LogP contribution in [0.3, 0.4) is 0 Å². The fourth-order valence-electron chi connectivity index (χ4n) is 9.78. The van der Waals surface area contributed by atoms with E-state index in [9.17, 15) is 0 Å². The molecule has 10 rings (SSSR count). The Morgan fingerprint density at radius 2 is 1.31 bits per heavy atom. The van der Waals surface area contributed by atoms with Crippen LogP contribution in [0.25, 0.3) is 33.0 Å². The molecule has 5 aromatic carbocycles. The van der Waals surface area contributed by atoms with Gasteiger partial charge in [-0.05, 0) is 98.9 Å². The largest absolute Gasteiger partial charge is 0.310 e. The maximum absolute atomic E-state index is 2.56. The molecule has 0 saturated carbocycles. The molecule has 5 aliphatic carbocycles. The zero-order chi connectivity index (χ0) is 36.2. The molecule has 0 spiro atoms. The summed E-state index contributed by atoms with van der Waals surface area (Å²) in [6.07, 6.45) is 30.4. The van der Waals surface area contributed by atoms with E-state index in [0.29, 0.717) is 17.8 Å². The van der Waals surface area contributed by atoms with Crippen molar-refractivity contribution in [3.8, 4) is 11.1 Å². The van der Waals surface area contributed by atoms with Crippen molar-refractivity contribution < 1.29 is 0 Å². The van der Waals surface area contributed by atoms with Crippen LogP contribution in [0.15, 0.2) is 199 Å². The lowest BCUT2D eigenvalue weighted by Gasteiger charge is -2.36. The third-order valence-electron chi connectivity index (χ3n) is 12.6. The van der Waals surface area contributed by atoms with E-state index >= 15 is 0 Å². The zero-order valence-corrected chi connectivity index (χ0v) is 31.1. The first-order valence-corrected chi connectivity index (χ1v) is 19.7. The predicted molar refractivity (Wildman–Crippen MR) is 229 cm³/mol. The fourth-order valence-corrected chi connectivity index (χ4v) is 9.78. The third kappa shape index (κ3) is 5.37. The molecule has 0 amide bonds. The van der Waals surface area contributed by atoms with E-state index in [1.165, 1.54) is 72.4 Å². The van der Waals surface area contributed by atoms with Gasteiger partial charge in [0.1, 0.15) is 0 Å². The fraction of sp³-hybridized carbons (Fsp3) is 0.170. The normalized spacial score (nSPS) is 23.1.